The van der Waals surface area contributed by atoms with Crippen LogP contribution in [0.2, 0.25) is 0 Å². The molecule has 3 rings (SSSR count). The van der Waals surface area contributed by atoms with Crippen LogP contribution in [-0.4, -0.2) is 41.8 Å². The highest BCUT2D eigenvalue weighted by molar-refractivity contribution is 5.40. The summed E-state index contributed by atoms with van der Waals surface area (Å²) in [5, 5.41) is 10.1. The van der Waals surface area contributed by atoms with Gasteiger partial charge in [0.05, 0.1) is 6.10 Å². The monoisotopic (exact) mass is 275 g/mol. The number of rotatable bonds is 3. The Morgan fingerprint density at radius 2 is 2.10 bits per heavy atom. The summed E-state index contributed by atoms with van der Waals surface area (Å²) >= 11 is 0. The lowest BCUT2D eigenvalue weighted by atomic mass is 9.91. The number of nitrogens with zero attached hydrogens (tertiary/aromatic N) is 1. The van der Waals surface area contributed by atoms with Crippen LogP contribution in [0.25, 0.3) is 0 Å². The third-order valence-electron chi connectivity index (χ3n) is 4.71. The summed E-state index contributed by atoms with van der Waals surface area (Å²) in [6, 6.07) is 6.72. The number of hydrogen-bond donors (Lipinski definition) is 1. The number of ether oxygens (including phenoxy) is 1. The Bertz CT molecular complexity index is 474. The molecule has 1 aliphatic heterocycles. The fourth-order valence-electron chi connectivity index (χ4n) is 3.61. The first-order valence-electron chi connectivity index (χ1n) is 7.78. The van der Waals surface area contributed by atoms with Crippen LogP contribution in [0.15, 0.2) is 18.2 Å². The SMILES string of the molecule is Cc1ccc2c(c1)CC(CN(C)C1CCCCC1O)O2. The largest absolute Gasteiger partial charge is 0.488 e. The maximum absolute atomic E-state index is 10.1. The highest BCUT2D eigenvalue weighted by Gasteiger charge is 2.30. The molecule has 3 nitrogen and oxygen atoms in total. The summed E-state index contributed by atoms with van der Waals surface area (Å²) in [4.78, 5) is 2.30. The van der Waals surface area contributed by atoms with Crippen LogP contribution in [0.4, 0.5) is 0 Å². The molecule has 0 bridgehead atoms. The molecule has 0 aromatic heterocycles. The van der Waals surface area contributed by atoms with Crippen molar-refractivity contribution in [1.29, 1.82) is 0 Å². The minimum absolute atomic E-state index is 0.167. The van der Waals surface area contributed by atoms with Crippen molar-refractivity contribution in [2.75, 3.05) is 13.6 Å². The van der Waals surface area contributed by atoms with E-state index in [9.17, 15) is 5.11 Å². The fraction of sp³-hybridized carbons (Fsp3) is 0.647. The van der Waals surface area contributed by atoms with E-state index in [2.05, 4.69) is 37.1 Å². The van der Waals surface area contributed by atoms with Gasteiger partial charge in [0.2, 0.25) is 0 Å². The number of likely N-dealkylation sites (N-methyl/N-ethyl adjacent to an activating group) is 1. The molecule has 3 unspecified atom stereocenters. The normalized spacial score (nSPS) is 29.3. The molecule has 0 radical (unpaired) electrons. The van der Waals surface area contributed by atoms with E-state index in [0.717, 1.165) is 38.0 Å². The second kappa shape index (κ2) is 5.74. The van der Waals surface area contributed by atoms with Gasteiger partial charge in [-0.15, -0.1) is 0 Å². The topological polar surface area (TPSA) is 32.7 Å². The van der Waals surface area contributed by atoms with Gasteiger partial charge < -0.3 is 9.84 Å². The number of hydrogen-bond acceptors (Lipinski definition) is 3. The van der Waals surface area contributed by atoms with E-state index in [-0.39, 0.29) is 12.2 Å². The standard InChI is InChI=1S/C17H25NO2/c1-12-7-8-17-13(9-12)10-14(20-17)11-18(2)15-5-3-4-6-16(15)19/h7-9,14-16,19H,3-6,10-11H2,1-2H3. The average Bonchev–Trinajstić information content (AvgIpc) is 2.80. The lowest BCUT2D eigenvalue weighted by molar-refractivity contribution is 0.0182. The summed E-state index contributed by atoms with van der Waals surface area (Å²) < 4.78 is 6.04. The van der Waals surface area contributed by atoms with Crippen molar-refractivity contribution < 1.29 is 9.84 Å². The van der Waals surface area contributed by atoms with Gasteiger partial charge in [0.25, 0.3) is 0 Å². The van der Waals surface area contributed by atoms with Crippen molar-refractivity contribution in [2.24, 2.45) is 0 Å². The Kier molecular flexibility index (Phi) is 3.99. The van der Waals surface area contributed by atoms with Gasteiger partial charge in [-0.25, -0.2) is 0 Å². The summed E-state index contributed by atoms with van der Waals surface area (Å²) in [5.41, 5.74) is 2.62. The van der Waals surface area contributed by atoms with Crippen LogP contribution in [0.5, 0.6) is 5.75 Å². The molecule has 1 saturated carbocycles. The maximum Gasteiger partial charge on any atom is 0.123 e. The molecular weight excluding hydrogens is 250 g/mol. The van der Waals surface area contributed by atoms with E-state index in [1.54, 1.807) is 0 Å². The molecule has 3 atom stereocenters. The van der Waals surface area contributed by atoms with E-state index in [1.807, 2.05) is 0 Å². The van der Waals surface area contributed by atoms with Crippen LogP contribution in [0.1, 0.15) is 36.8 Å². The first-order valence-corrected chi connectivity index (χ1v) is 7.78. The van der Waals surface area contributed by atoms with Crippen molar-refractivity contribution in [2.45, 2.75) is 57.3 Å². The predicted molar refractivity (Wildman–Crippen MR) is 80.2 cm³/mol. The molecule has 0 amide bonds. The third-order valence-corrected chi connectivity index (χ3v) is 4.71. The van der Waals surface area contributed by atoms with Crippen molar-refractivity contribution in [3.05, 3.63) is 29.3 Å². The van der Waals surface area contributed by atoms with Crippen molar-refractivity contribution in [3.63, 3.8) is 0 Å². The Labute approximate surface area is 121 Å². The van der Waals surface area contributed by atoms with Crippen molar-refractivity contribution in [1.82, 2.24) is 4.90 Å². The molecule has 1 fully saturated rings. The highest BCUT2D eigenvalue weighted by Crippen LogP contribution is 2.30. The lowest BCUT2D eigenvalue weighted by Crippen LogP contribution is -2.46. The first-order chi connectivity index (χ1) is 9.63. The van der Waals surface area contributed by atoms with Gasteiger partial charge in [0, 0.05) is 19.0 Å². The minimum Gasteiger partial charge on any atom is -0.488 e. The molecule has 2 aliphatic rings. The number of aliphatic hydroxyl groups is 1. The second-order valence-electron chi connectivity index (χ2n) is 6.41. The van der Waals surface area contributed by atoms with Crippen LogP contribution >= 0.6 is 0 Å². The van der Waals surface area contributed by atoms with E-state index < -0.39 is 0 Å². The molecule has 1 N–H and O–H groups in total. The zero-order valence-electron chi connectivity index (χ0n) is 12.5. The van der Waals surface area contributed by atoms with E-state index in [4.69, 9.17) is 4.74 Å². The summed E-state index contributed by atoms with van der Waals surface area (Å²) in [6.07, 6.45) is 5.50. The number of benzene rings is 1. The Morgan fingerprint density at radius 3 is 2.90 bits per heavy atom. The summed E-state index contributed by atoms with van der Waals surface area (Å²) in [6.45, 7) is 3.02. The smallest absolute Gasteiger partial charge is 0.123 e. The predicted octanol–water partition coefficient (Wildman–Crippen LogP) is 2.53. The quantitative estimate of drug-likeness (QED) is 0.920. The molecular formula is C17H25NO2. The van der Waals surface area contributed by atoms with Gasteiger partial charge in [-0.05, 0) is 38.4 Å². The molecule has 1 aliphatic carbocycles. The van der Waals surface area contributed by atoms with Gasteiger partial charge >= 0.3 is 0 Å². The van der Waals surface area contributed by atoms with Gasteiger partial charge in [-0.3, -0.25) is 4.90 Å². The molecule has 0 saturated heterocycles. The van der Waals surface area contributed by atoms with Crippen molar-refractivity contribution >= 4 is 0 Å². The fourth-order valence-corrected chi connectivity index (χ4v) is 3.61. The van der Waals surface area contributed by atoms with Crippen molar-refractivity contribution in [3.8, 4) is 5.75 Å². The van der Waals surface area contributed by atoms with Gasteiger partial charge in [-0.1, -0.05) is 30.5 Å². The second-order valence-corrected chi connectivity index (χ2v) is 6.41. The zero-order valence-corrected chi connectivity index (χ0v) is 12.5. The summed E-state index contributed by atoms with van der Waals surface area (Å²) in [7, 11) is 2.12. The van der Waals surface area contributed by atoms with E-state index in [1.165, 1.54) is 17.5 Å². The number of aryl methyl sites for hydroxylation is 1. The molecule has 0 spiro atoms. The van der Waals surface area contributed by atoms with Crippen LogP contribution in [-0.2, 0) is 6.42 Å². The first kappa shape index (κ1) is 13.9. The third kappa shape index (κ3) is 2.84. The highest BCUT2D eigenvalue weighted by atomic mass is 16.5. The van der Waals surface area contributed by atoms with Crippen LogP contribution in [0.3, 0.4) is 0 Å². The molecule has 1 aromatic rings. The van der Waals surface area contributed by atoms with Crippen LogP contribution in [0, 0.1) is 6.92 Å². The maximum atomic E-state index is 10.1. The Balaban J connectivity index is 1.59. The minimum atomic E-state index is -0.167. The van der Waals surface area contributed by atoms with Crippen LogP contribution < -0.4 is 4.74 Å². The zero-order chi connectivity index (χ0) is 14.1. The average molecular weight is 275 g/mol. The van der Waals surface area contributed by atoms with Gasteiger partial charge in [0.1, 0.15) is 11.9 Å². The molecule has 1 heterocycles. The molecule has 3 heteroatoms. The van der Waals surface area contributed by atoms with Gasteiger partial charge in [0.15, 0.2) is 0 Å². The number of aliphatic hydroxyl groups excluding tert-OH is 1. The van der Waals surface area contributed by atoms with E-state index in [0.29, 0.717) is 6.04 Å². The van der Waals surface area contributed by atoms with E-state index >= 15 is 0 Å². The lowest BCUT2D eigenvalue weighted by Gasteiger charge is -2.36. The molecule has 20 heavy (non-hydrogen) atoms. The Hall–Kier alpha value is -1.06. The molecule has 110 valence electrons. The number of fused-ring (bicyclic) bond motifs is 1. The molecule has 1 aromatic carbocycles. The summed E-state index contributed by atoms with van der Waals surface area (Å²) in [5.74, 6) is 1.04. The Morgan fingerprint density at radius 1 is 1.30 bits per heavy atom. The van der Waals surface area contributed by atoms with Gasteiger partial charge in [-0.2, -0.15) is 0 Å².